The first-order chi connectivity index (χ1) is 23.9. The molecule has 3 aliphatic rings. The molecule has 1 saturated carbocycles. The predicted octanol–water partition coefficient (Wildman–Crippen LogP) is 5.04. The summed E-state index contributed by atoms with van der Waals surface area (Å²) in [6, 6.07) is 14.0. The number of benzene rings is 2. The molecule has 0 radical (unpaired) electrons. The van der Waals surface area contributed by atoms with E-state index in [2.05, 4.69) is 28.0 Å². The van der Waals surface area contributed by atoms with E-state index in [-0.39, 0.29) is 32.4 Å². The average Bonchev–Trinajstić information content (AvgIpc) is 3.89. The number of carbonyl (C=O) groups excluding carboxylic acids is 1. The molecule has 2 aliphatic heterocycles. The first-order valence-electron chi connectivity index (χ1n) is 16.9. The Morgan fingerprint density at radius 1 is 1.10 bits per heavy atom. The van der Waals surface area contributed by atoms with Crippen molar-refractivity contribution in [3.8, 4) is 17.8 Å². The quantitative estimate of drug-likeness (QED) is 0.284. The molecular weight excluding hydrogens is 642 g/mol. The topological polar surface area (TPSA) is 154 Å². The summed E-state index contributed by atoms with van der Waals surface area (Å²) in [7, 11) is 3.32. The summed E-state index contributed by atoms with van der Waals surface area (Å²) in [5.41, 5.74) is 1.62. The van der Waals surface area contributed by atoms with Gasteiger partial charge >= 0.3 is 18.2 Å². The maximum atomic E-state index is 12.9. The number of anilines is 2. The summed E-state index contributed by atoms with van der Waals surface area (Å²) in [5.74, 6) is 1.38. The van der Waals surface area contributed by atoms with E-state index < -0.39 is 29.4 Å². The highest BCUT2D eigenvalue weighted by atomic mass is 16.7. The molecule has 266 valence electrons. The number of carboxylic acid groups (broad SMARTS) is 1. The number of hydrogen-bond donors (Lipinski definition) is 1. The number of methoxy groups -OCH3 is 1. The Hall–Kier alpha value is -5.03. The maximum absolute atomic E-state index is 12.9. The molecule has 14 heteroatoms. The highest BCUT2D eigenvalue weighted by Gasteiger charge is 2.51. The Labute approximate surface area is 292 Å². The molecule has 0 unspecified atom stereocenters. The van der Waals surface area contributed by atoms with Gasteiger partial charge in [0.15, 0.2) is 6.79 Å². The van der Waals surface area contributed by atoms with Gasteiger partial charge in [-0.1, -0.05) is 24.3 Å². The van der Waals surface area contributed by atoms with Crippen molar-refractivity contribution in [3.63, 3.8) is 0 Å². The Bertz CT molecular complexity index is 1780. The second-order valence-corrected chi connectivity index (χ2v) is 14.1. The molecule has 50 heavy (non-hydrogen) atoms. The van der Waals surface area contributed by atoms with Crippen molar-refractivity contribution in [1.82, 2.24) is 19.8 Å². The lowest BCUT2D eigenvalue weighted by atomic mass is 10.0. The zero-order chi connectivity index (χ0) is 35.6. The van der Waals surface area contributed by atoms with Crippen LogP contribution in [0.3, 0.4) is 0 Å². The number of aromatic nitrogens is 2. The van der Waals surface area contributed by atoms with E-state index in [1.807, 2.05) is 45.0 Å². The summed E-state index contributed by atoms with van der Waals surface area (Å²) in [5, 5.41) is 21.4. The second kappa shape index (κ2) is 14.1. The monoisotopic (exact) mass is 687 g/mol. The van der Waals surface area contributed by atoms with Gasteiger partial charge in [0.05, 0.1) is 36.3 Å². The third kappa shape index (κ3) is 7.42. The fraction of sp³-hybridized carbons (Fsp3) is 0.528. The van der Waals surface area contributed by atoms with Crippen LogP contribution in [0.25, 0.3) is 10.8 Å². The molecule has 2 amide bonds. The van der Waals surface area contributed by atoms with Crippen LogP contribution in [0, 0.1) is 11.3 Å². The minimum atomic E-state index is -1.04. The zero-order valence-corrected chi connectivity index (χ0v) is 29.3. The molecule has 2 fully saturated rings. The Morgan fingerprint density at radius 3 is 2.58 bits per heavy atom. The molecule has 6 rings (SSSR count). The van der Waals surface area contributed by atoms with E-state index in [1.54, 1.807) is 19.1 Å². The van der Waals surface area contributed by atoms with E-state index in [0.29, 0.717) is 44.2 Å². The molecule has 2 aromatic carbocycles. The standard InChI is InChI=1S/C36H45N7O7/c1-35(2,3)50-34(46)40(4)36(12-13-36)22-48-32-38-29-21-41(30-19-26(49-23-47-5)18-24-8-6-7-9-27(24)30)15-11-28(29)31(39-32)42-16-17-43(33(44)45)25(20-42)10-14-37/h6-9,18-19,25H,10-13,15-17,20-23H2,1-5H3,(H,44,45)/t25-/m0/s1. The fourth-order valence-electron chi connectivity index (χ4n) is 6.68. The fourth-order valence-corrected chi connectivity index (χ4v) is 6.68. The summed E-state index contributed by atoms with van der Waals surface area (Å²) in [6.07, 6.45) is 0.773. The van der Waals surface area contributed by atoms with Gasteiger partial charge in [-0.3, -0.25) is 0 Å². The molecule has 14 nitrogen and oxygen atoms in total. The number of ether oxygens (including phenoxy) is 4. The number of piperazine rings is 1. The largest absolute Gasteiger partial charge is 0.467 e. The lowest BCUT2D eigenvalue weighted by Crippen LogP contribution is -2.55. The molecule has 0 spiro atoms. The zero-order valence-electron chi connectivity index (χ0n) is 29.3. The lowest BCUT2D eigenvalue weighted by Gasteiger charge is -2.41. The van der Waals surface area contributed by atoms with Gasteiger partial charge in [0.25, 0.3) is 0 Å². The maximum Gasteiger partial charge on any atom is 0.410 e. The van der Waals surface area contributed by atoms with Crippen molar-refractivity contribution < 1.29 is 33.6 Å². The number of rotatable bonds is 10. The van der Waals surface area contributed by atoms with E-state index in [1.165, 1.54) is 4.90 Å². The minimum absolute atomic E-state index is 0.0707. The van der Waals surface area contributed by atoms with Crippen molar-refractivity contribution in [3.05, 3.63) is 47.7 Å². The molecule has 1 N–H and O–H groups in total. The smallest absolute Gasteiger partial charge is 0.410 e. The van der Waals surface area contributed by atoms with Crippen LogP contribution >= 0.6 is 0 Å². The first kappa shape index (κ1) is 34.8. The SMILES string of the molecule is COCOc1cc(N2CCc3c(nc(OCC4(N(C)C(=O)OC(C)(C)C)CC4)nc3N3CCN(C(=O)O)[C@@H](CC#N)C3)C2)c2ccccc2c1. The molecule has 1 aromatic heterocycles. The molecule has 1 atom stereocenters. The summed E-state index contributed by atoms with van der Waals surface area (Å²) < 4.78 is 23.0. The molecule has 0 bridgehead atoms. The normalized spacial score (nSPS) is 18.2. The van der Waals surface area contributed by atoms with Gasteiger partial charge in [0.1, 0.15) is 23.8 Å². The van der Waals surface area contributed by atoms with Crippen LogP contribution in [-0.2, 0) is 22.4 Å². The third-order valence-electron chi connectivity index (χ3n) is 9.55. The van der Waals surface area contributed by atoms with Crippen LogP contribution in [0.4, 0.5) is 21.1 Å². The number of nitrogens with zero attached hydrogens (tertiary/aromatic N) is 7. The first-order valence-corrected chi connectivity index (χ1v) is 16.9. The number of carbonyl (C=O) groups is 2. The Kier molecular flexibility index (Phi) is 9.80. The van der Waals surface area contributed by atoms with Crippen LogP contribution in [0.15, 0.2) is 36.4 Å². The predicted molar refractivity (Wildman–Crippen MR) is 186 cm³/mol. The second-order valence-electron chi connectivity index (χ2n) is 14.1. The van der Waals surface area contributed by atoms with Crippen LogP contribution in [0.1, 0.15) is 51.3 Å². The number of likely N-dealkylation sites (N-methyl/N-ethyl adjacent to an activating group) is 1. The third-order valence-corrected chi connectivity index (χ3v) is 9.55. The van der Waals surface area contributed by atoms with Gasteiger partial charge in [-0.15, -0.1) is 0 Å². The van der Waals surface area contributed by atoms with Crippen LogP contribution < -0.4 is 19.3 Å². The number of amides is 2. The van der Waals surface area contributed by atoms with Crippen molar-refractivity contribution >= 4 is 34.5 Å². The minimum Gasteiger partial charge on any atom is -0.467 e. The lowest BCUT2D eigenvalue weighted by molar-refractivity contribution is 0.0134. The summed E-state index contributed by atoms with van der Waals surface area (Å²) in [4.78, 5) is 42.0. The summed E-state index contributed by atoms with van der Waals surface area (Å²) >= 11 is 0. The van der Waals surface area contributed by atoms with Gasteiger partial charge in [-0.2, -0.15) is 15.2 Å². The van der Waals surface area contributed by atoms with Crippen molar-refractivity contribution in [2.45, 2.75) is 70.2 Å². The number of fused-ring (bicyclic) bond motifs is 2. The van der Waals surface area contributed by atoms with Crippen molar-refractivity contribution in [2.75, 3.05) is 63.5 Å². The van der Waals surface area contributed by atoms with Crippen LogP contribution in [0.5, 0.6) is 11.8 Å². The van der Waals surface area contributed by atoms with E-state index in [9.17, 15) is 20.0 Å². The van der Waals surface area contributed by atoms with Crippen molar-refractivity contribution in [1.29, 1.82) is 5.26 Å². The van der Waals surface area contributed by atoms with Gasteiger partial charge in [0, 0.05) is 63.0 Å². The summed E-state index contributed by atoms with van der Waals surface area (Å²) in [6.45, 7) is 7.96. The van der Waals surface area contributed by atoms with E-state index >= 15 is 0 Å². The van der Waals surface area contributed by atoms with E-state index in [4.69, 9.17) is 28.9 Å². The highest BCUT2D eigenvalue weighted by molar-refractivity contribution is 5.96. The molecule has 3 aromatic rings. The molecule has 1 aliphatic carbocycles. The highest BCUT2D eigenvalue weighted by Crippen LogP contribution is 2.42. The molecule has 3 heterocycles. The number of hydrogen-bond acceptors (Lipinski definition) is 11. The average molecular weight is 688 g/mol. The Morgan fingerprint density at radius 2 is 1.88 bits per heavy atom. The van der Waals surface area contributed by atoms with Crippen LogP contribution in [-0.4, -0.2) is 108 Å². The molecule has 1 saturated heterocycles. The van der Waals surface area contributed by atoms with Crippen molar-refractivity contribution in [2.24, 2.45) is 0 Å². The van der Waals surface area contributed by atoms with Gasteiger partial charge in [-0.05, 0) is 51.5 Å². The van der Waals surface area contributed by atoms with Gasteiger partial charge < -0.3 is 43.7 Å². The van der Waals surface area contributed by atoms with E-state index in [0.717, 1.165) is 40.6 Å². The molecular formula is C36H45N7O7. The van der Waals surface area contributed by atoms with Gasteiger partial charge in [-0.25, -0.2) is 9.59 Å². The van der Waals surface area contributed by atoms with Gasteiger partial charge in [0.2, 0.25) is 0 Å². The Balaban J connectivity index is 1.33. The number of nitriles is 1. The van der Waals surface area contributed by atoms with Crippen LogP contribution in [0.2, 0.25) is 0 Å².